The van der Waals surface area contributed by atoms with Crippen LogP contribution >= 0.6 is 0 Å². The van der Waals surface area contributed by atoms with Crippen molar-refractivity contribution in [3.8, 4) is 5.75 Å². The maximum Gasteiger partial charge on any atom is 0.287 e. The molecule has 2 aliphatic heterocycles. The van der Waals surface area contributed by atoms with Crippen molar-refractivity contribution >= 4 is 35.0 Å². The van der Waals surface area contributed by atoms with E-state index in [1.54, 1.807) is 19.6 Å². The van der Waals surface area contributed by atoms with Crippen LogP contribution in [-0.2, 0) is 28.8 Å². The number of aryl methyl sites for hydroxylation is 2. The van der Waals surface area contributed by atoms with Crippen LogP contribution in [0.25, 0.3) is 0 Å². The SMILES string of the molecule is CCC[C@H](CC(=O)C1C[C@]2(CC(c3cc(C)c(OC)c(C)c3)=NO2)CN1C(=O)[C@@H](NC(=O)[C@H]1C[C@@H]1c1cnc[nH]1)C(C)(C)C)C(=O)C(=O)NC1CC1. The number of oxime groups is 1. The van der Waals surface area contributed by atoms with Crippen LogP contribution < -0.4 is 15.4 Å². The van der Waals surface area contributed by atoms with Gasteiger partial charge in [0.25, 0.3) is 5.91 Å². The van der Waals surface area contributed by atoms with Crippen molar-refractivity contribution in [1.82, 2.24) is 25.5 Å². The average molecular weight is 717 g/mol. The number of benzene rings is 1. The largest absolute Gasteiger partial charge is 0.496 e. The van der Waals surface area contributed by atoms with Crippen molar-refractivity contribution in [2.24, 2.45) is 22.4 Å². The van der Waals surface area contributed by atoms with E-state index in [4.69, 9.17) is 9.57 Å². The number of hydrogen-bond acceptors (Lipinski definition) is 9. The van der Waals surface area contributed by atoms with E-state index in [0.717, 1.165) is 41.0 Å². The number of aromatic amines is 1. The molecule has 52 heavy (non-hydrogen) atoms. The van der Waals surface area contributed by atoms with E-state index < -0.39 is 46.6 Å². The molecule has 3 amide bonds. The van der Waals surface area contributed by atoms with E-state index in [9.17, 15) is 24.0 Å². The lowest BCUT2D eigenvalue weighted by Crippen LogP contribution is -2.57. The summed E-state index contributed by atoms with van der Waals surface area (Å²) in [6.45, 7) is 11.6. The number of Topliss-reactive ketones (excluding diaryl/α,β-unsaturated/α-hetero) is 2. The first-order valence-electron chi connectivity index (χ1n) is 18.5. The third-order valence-corrected chi connectivity index (χ3v) is 10.9. The van der Waals surface area contributed by atoms with Crippen LogP contribution in [0, 0.1) is 31.1 Å². The fourth-order valence-electron chi connectivity index (χ4n) is 7.86. The van der Waals surface area contributed by atoms with Gasteiger partial charge in [0.1, 0.15) is 11.8 Å². The minimum atomic E-state index is -0.991. The second-order valence-corrected chi connectivity index (χ2v) is 16.3. The molecular weight excluding hydrogens is 664 g/mol. The van der Waals surface area contributed by atoms with Gasteiger partial charge in [-0.3, -0.25) is 24.0 Å². The van der Waals surface area contributed by atoms with Crippen LogP contribution in [-0.4, -0.2) is 87.2 Å². The number of imidazole rings is 1. The lowest BCUT2D eigenvalue weighted by Gasteiger charge is -2.35. The molecule has 3 N–H and O–H groups in total. The standard InChI is InChI=1S/C39H52N6O7/c1-8-9-23(32(47)36(49)42-25-10-11-25)14-31(46)30-17-39(16-28(44-52-39)24-12-21(2)33(51-7)22(3)13-24)19-45(30)37(50)34(38(4,5)6)43-35(48)27-15-26(27)29-18-40-20-41-29/h12-13,18,20,23,25-27,30,34H,8-11,14-17,19H2,1-7H3,(H,40,41)(H,42,49)(H,43,48)/t23-,26+,27+,30?,34-,39-/m1/s1. The van der Waals surface area contributed by atoms with E-state index in [0.29, 0.717) is 31.4 Å². The summed E-state index contributed by atoms with van der Waals surface area (Å²) in [5.74, 6) is -2.51. The van der Waals surface area contributed by atoms with Gasteiger partial charge >= 0.3 is 0 Å². The summed E-state index contributed by atoms with van der Waals surface area (Å²) in [7, 11) is 1.63. The van der Waals surface area contributed by atoms with Crippen molar-refractivity contribution in [2.75, 3.05) is 13.7 Å². The molecule has 1 unspecified atom stereocenters. The Morgan fingerprint density at radius 3 is 2.44 bits per heavy atom. The van der Waals surface area contributed by atoms with E-state index in [1.807, 2.05) is 53.7 Å². The van der Waals surface area contributed by atoms with E-state index in [2.05, 4.69) is 25.8 Å². The number of rotatable bonds is 14. The zero-order valence-corrected chi connectivity index (χ0v) is 31.3. The van der Waals surface area contributed by atoms with Crippen LogP contribution in [0.3, 0.4) is 0 Å². The molecule has 1 aromatic carbocycles. The summed E-state index contributed by atoms with van der Waals surface area (Å²) < 4.78 is 5.55. The summed E-state index contributed by atoms with van der Waals surface area (Å²) in [5.41, 5.74) is 2.65. The first-order valence-corrected chi connectivity index (χ1v) is 18.5. The minimum Gasteiger partial charge on any atom is -0.496 e. The molecule has 13 heteroatoms. The third-order valence-electron chi connectivity index (χ3n) is 10.9. The smallest absolute Gasteiger partial charge is 0.287 e. The highest BCUT2D eigenvalue weighted by atomic mass is 16.7. The summed E-state index contributed by atoms with van der Waals surface area (Å²) in [4.78, 5) is 83.6. The number of nitrogens with zero attached hydrogens (tertiary/aromatic N) is 3. The minimum absolute atomic E-state index is 0.000407. The first kappa shape index (κ1) is 37.2. The highest BCUT2D eigenvalue weighted by Gasteiger charge is 2.56. The van der Waals surface area contributed by atoms with Crippen molar-refractivity contribution in [2.45, 2.75) is 123 Å². The van der Waals surface area contributed by atoms with Crippen LogP contribution in [0.15, 0.2) is 29.8 Å². The number of likely N-dealkylation sites (tertiary alicyclic amines) is 1. The van der Waals surface area contributed by atoms with Gasteiger partial charge in [-0.2, -0.15) is 0 Å². The monoisotopic (exact) mass is 716 g/mol. The predicted octanol–water partition coefficient (Wildman–Crippen LogP) is 4.06. The predicted molar refractivity (Wildman–Crippen MR) is 193 cm³/mol. The quantitative estimate of drug-likeness (QED) is 0.246. The Balaban J connectivity index is 1.25. The summed E-state index contributed by atoms with van der Waals surface area (Å²) in [5, 5.41) is 10.3. The van der Waals surface area contributed by atoms with Gasteiger partial charge in [-0.25, -0.2) is 4.98 Å². The molecule has 1 spiro atoms. The van der Waals surface area contributed by atoms with Crippen LogP contribution in [0.2, 0.25) is 0 Å². The zero-order chi connectivity index (χ0) is 37.5. The molecule has 0 bridgehead atoms. The molecule has 4 aliphatic rings. The zero-order valence-electron chi connectivity index (χ0n) is 31.3. The summed E-state index contributed by atoms with van der Waals surface area (Å²) in [6, 6.07) is 2.10. The molecule has 2 aliphatic carbocycles. The molecule has 1 saturated heterocycles. The van der Waals surface area contributed by atoms with Gasteiger partial charge in [0.15, 0.2) is 11.4 Å². The molecular formula is C39H52N6O7. The van der Waals surface area contributed by atoms with Crippen LogP contribution in [0.1, 0.15) is 107 Å². The number of carbonyl (C=O) groups excluding carboxylic acids is 5. The number of carbonyl (C=O) groups is 5. The first-order chi connectivity index (χ1) is 24.6. The number of methoxy groups -OCH3 is 1. The van der Waals surface area contributed by atoms with Gasteiger partial charge in [0.05, 0.1) is 31.7 Å². The van der Waals surface area contributed by atoms with E-state index >= 15 is 0 Å². The topological polar surface area (TPSA) is 172 Å². The number of nitrogens with one attached hydrogen (secondary N) is 3. The Hall–Kier alpha value is -4.55. The molecule has 6 atom stereocenters. The van der Waals surface area contributed by atoms with Crippen molar-refractivity contribution in [1.29, 1.82) is 0 Å². The normalized spacial score (nSPS) is 24.9. The molecule has 1 aromatic heterocycles. The van der Waals surface area contributed by atoms with E-state index in [1.165, 1.54) is 4.90 Å². The van der Waals surface area contributed by atoms with Crippen molar-refractivity contribution in [3.63, 3.8) is 0 Å². The Morgan fingerprint density at radius 2 is 1.85 bits per heavy atom. The Bertz CT molecular complexity index is 1740. The fourth-order valence-corrected chi connectivity index (χ4v) is 7.86. The third kappa shape index (κ3) is 7.78. The maximum absolute atomic E-state index is 14.7. The second kappa shape index (κ2) is 14.5. The van der Waals surface area contributed by atoms with Gasteiger partial charge in [0.2, 0.25) is 17.6 Å². The highest BCUT2D eigenvalue weighted by molar-refractivity contribution is 6.37. The lowest BCUT2D eigenvalue weighted by molar-refractivity contribution is -0.145. The van der Waals surface area contributed by atoms with Crippen molar-refractivity contribution < 1.29 is 33.5 Å². The van der Waals surface area contributed by atoms with E-state index in [-0.39, 0.29) is 49.0 Å². The van der Waals surface area contributed by atoms with Crippen LogP contribution in [0.4, 0.5) is 0 Å². The second-order valence-electron chi connectivity index (χ2n) is 16.3. The molecule has 0 radical (unpaired) electrons. The Labute approximate surface area is 305 Å². The van der Waals surface area contributed by atoms with Gasteiger partial charge < -0.3 is 30.1 Å². The molecule has 13 nitrogen and oxygen atoms in total. The highest BCUT2D eigenvalue weighted by Crippen LogP contribution is 2.47. The number of amides is 3. The number of aromatic nitrogens is 2. The molecule has 3 heterocycles. The average Bonchev–Trinajstić information content (AvgIpc) is 3.92. The molecule has 2 saturated carbocycles. The molecule has 6 rings (SSSR count). The maximum atomic E-state index is 14.7. The lowest BCUT2D eigenvalue weighted by atomic mass is 9.84. The number of H-pyrrole nitrogens is 1. The van der Waals surface area contributed by atoms with Gasteiger partial charge in [0, 0.05) is 60.5 Å². The van der Waals surface area contributed by atoms with Crippen molar-refractivity contribution in [3.05, 3.63) is 47.0 Å². The van der Waals surface area contributed by atoms with Crippen LogP contribution in [0.5, 0.6) is 5.75 Å². The van der Waals surface area contributed by atoms with Gasteiger partial charge in [-0.1, -0.05) is 39.3 Å². The summed E-state index contributed by atoms with van der Waals surface area (Å²) in [6.07, 6.45) is 6.93. The molecule has 2 aromatic rings. The molecule has 280 valence electrons. The van der Waals surface area contributed by atoms with Gasteiger partial charge in [-0.15, -0.1) is 0 Å². The Kier molecular flexibility index (Phi) is 10.4. The molecule has 3 fully saturated rings. The Morgan fingerprint density at radius 1 is 1.13 bits per heavy atom. The number of hydrogen-bond donors (Lipinski definition) is 3. The van der Waals surface area contributed by atoms with Gasteiger partial charge in [-0.05, 0) is 68.2 Å². The fraction of sp³-hybridized carbons (Fsp3) is 0.615. The summed E-state index contributed by atoms with van der Waals surface area (Å²) >= 11 is 0. The number of ketones is 2. The number of ether oxygens (including phenoxy) is 1.